The molecule has 0 bridgehead atoms. The zero-order chi connectivity index (χ0) is 14.7. The number of pyridine rings is 1. The van der Waals surface area contributed by atoms with E-state index in [-0.39, 0.29) is 0 Å². The van der Waals surface area contributed by atoms with Gasteiger partial charge >= 0.3 is 5.97 Å². The standard InChI is InChI=1S/C16H24N2O2/c1-4-6-13-9-12(16(19)20)10-15(17-13)18-8-5-7-14(18)11(2)3/h9-11,14H,4-8H2,1-3H3,(H,19,20). The summed E-state index contributed by atoms with van der Waals surface area (Å²) in [6.07, 6.45) is 4.13. The third-order valence-corrected chi connectivity index (χ3v) is 3.98. The van der Waals surface area contributed by atoms with Gasteiger partial charge in [-0.15, -0.1) is 0 Å². The molecule has 1 saturated heterocycles. The molecule has 2 rings (SSSR count). The smallest absolute Gasteiger partial charge is 0.335 e. The summed E-state index contributed by atoms with van der Waals surface area (Å²) in [7, 11) is 0. The highest BCUT2D eigenvalue weighted by molar-refractivity contribution is 5.88. The van der Waals surface area contributed by atoms with E-state index in [1.807, 2.05) is 0 Å². The van der Waals surface area contributed by atoms with Gasteiger partial charge in [0.05, 0.1) is 5.56 Å². The van der Waals surface area contributed by atoms with Gasteiger partial charge in [-0.05, 0) is 37.3 Å². The minimum Gasteiger partial charge on any atom is -0.478 e. The molecule has 0 aromatic carbocycles. The molecule has 0 radical (unpaired) electrons. The van der Waals surface area contributed by atoms with Crippen LogP contribution in [0.25, 0.3) is 0 Å². The van der Waals surface area contributed by atoms with Crippen LogP contribution in [-0.4, -0.2) is 28.6 Å². The van der Waals surface area contributed by atoms with E-state index in [1.54, 1.807) is 12.1 Å². The van der Waals surface area contributed by atoms with Gasteiger partial charge < -0.3 is 10.0 Å². The maximum Gasteiger partial charge on any atom is 0.335 e. The third-order valence-electron chi connectivity index (χ3n) is 3.98. The molecule has 1 atom stereocenters. The maximum absolute atomic E-state index is 11.3. The molecule has 4 heteroatoms. The van der Waals surface area contributed by atoms with E-state index in [4.69, 9.17) is 0 Å². The first-order chi connectivity index (χ1) is 9.52. The largest absolute Gasteiger partial charge is 0.478 e. The quantitative estimate of drug-likeness (QED) is 0.896. The molecule has 1 N–H and O–H groups in total. The minimum absolute atomic E-state index is 0.354. The monoisotopic (exact) mass is 276 g/mol. The molecule has 1 aliphatic heterocycles. The van der Waals surface area contributed by atoms with Crippen LogP contribution in [0.5, 0.6) is 0 Å². The van der Waals surface area contributed by atoms with Crippen molar-refractivity contribution in [3.63, 3.8) is 0 Å². The summed E-state index contributed by atoms with van der Waals surface area (Å²) in [4.78, 5) is 18.3. The van der Waals surface area contributed by atoms with Crippen LogP contribution in [0.4, 0.5) is 5.82 Å². The minimum atomic E-state index is -0.869. The fourth-order valence-electron chi connectivity index (χ4n) is 3.00. The lowest BCUT2D eigenvalue weighted by molar-refractivity contribution is 0.0696. The third kappa shape index (κ3) is 3.11. The molecule has 1 aromatic rings. The van der Waals surface area contributed by atoms with E-state index < -0.39 is 5.97 Å². The van der Waals surface area contributed by atoms with Gasteiger partial charge in [-0.3, -0.25) is 0 Å². The maximum atomic E-state index is 11.3. The average molecular weight is 276 g/mol. The Bertz CT molecular complexity index is 485. The molecule has 0 amide bonds. The summed E-state index contributed by atoms with van der Waals surface area (Å²) in [5.74, 6) is 0.526. The van der Waals surface area contributed by atoms with Crippen molar-refractivity contribution in [1.82, 2.24) is 4.98 Å². The second-order valence-corrected chi connectivity index (χ2v) is 5.91. The van der Waals surface area contributed by atoms with Crippen LogP contribution in [0, 0.1) is 5.92 Å². The molecular weight excluding hydrogens is 252 g/mol. The summed E-state index contributed by atoms with van der Waals surface area (Å²) in [5, 5.41) is 9.27. The molecule has 1 unspecified atom stereocenters. The Morgan fingerprint density at radius 1 is 1.50 bits per heavy atom. The summed E-state index contributed by atoms with van der Waals surface area (Å²) in [5.41, 5.74) is 1.24. The highest BCUT2D eigenvalue weighted by Crippen LogP contribution is 2.29. The number of nitrogens with zero attached hydrogens (tertiary/aromatic N) is 2. The fourth-order valence-corrected chi connectivity index (χ4v) is 3.00. The highest BCUT2D eigenvalue weighted by atomic mass is 16.4. The number of rotatable bonds is 5. The van der Waals surface area contributed by atoms with Crippen LogP contribution < -0.4 is 4.90 Å². The van der Waals surface area contributed by atoms with Gasteiger partial charge in [-0.25, -0.2) is 9.78 Å². The van der Waals surface area contributed by atoms with Gasteiger partial charge in [0, 0.05) is 18.3 Å². The lowest BCUT2D eigenvalue weighted by Crippen LogP contribution is -2.34. The zero-order valence-corrected chi connectivity index (χ0v) is 12.6. The molecular formula is C16H24N2O2. The average Bonchev–Trinajstić information content (AvgIpc) is 2.88. The Morgan fingerprint density at radius 2 is 2.25 bits per heavy atom. The summed E-state index contributed by atoms with van der Waals surface area (Å²) in [6.45, 7) is 7.50. The molecule has 2 heterocycles. The topological polar surface area (TPSA) is 53.4 Å². The number of aryl methyl sites for hydroxylation is 1. The van der Waals surface area contributed by atoms with Crippen molar-refractivity contribution in [1.29, 1.82) is 0 Å². The molecule has 0 saturated carbocycles. The number of carboxylic acids is 1. The Labute approximate surface area is 120 Å². The van der Waals surface area contributed by atoms with E-state index >= 15 is 0 Å². The molecule has 4 nitrogen and oxygen atoms in total. The molecule has 110 valence electrons. The van der Waals surface area contributed by atoms with E-state index in [0.717, 1.165) is 37.3 Å². The van der Waals surface area contributed by atoms with Gasteiger partial charge in [0.2, 0.25) is 0 Å². The molecule has 1 aliphatic rings. The lowest BCUT2D eigenvalue weighted by Gasteiger charge is -2.29. The zero-order valence-electron chi connectivity index (χ0n) is 12.6. The highest BCUT2D eigenvalue weighted by Gasteiger charge is 2.28. The molecule has 1 aromatic heterocycles. The predicted molar refractivity (Wildman–Crippen MR) is 80.4 cm³/mol. The van der Waals surface area contributed by atoms with Crippen LogP contribution in [0.1, 0.15) is 56.1 Å². The molecule has 1 fully saturated rings. The van der Waals surface area contributed by atoms with Crippen LogP contribution >= 0.6 is 0 Å². The fraction of sp³-hybridized carbons (Fsp3) is 0.625. The first-order valence-corrected chi connectivity index (χ1v) is 7.53. The number of hydrogen-bond acceptors (Lipinski definition) is 3. The summed E-state index contributed by atoms with van der Waals surface area (Å²) >= 11 is 0. The van der Waals surface area contributed by atoms with Crippen LogP contribution in [0.15, 0.2) is 12.1 Å². The predicted octanol–water partition coefficient (Wildman–Crippen LogP) is 3.36. The van der Waals surface area contributed by atoms with E-state index in [2.05, 4.69) is 30.7 Å². The Hall–Kier alpha value is -1.58. The van der Waals surface area contributed by atoms with E-state index in [0.29, 0.717) is 17.5 Å². The Morgan fingerprint density at radius 3 is 2.85 bits per heavy atom. The Balaban J connectivity index is 2.36. The van der Waals surface area contributed by atoms with Crippen molar-refractivity contribution in [2.45, 2.75) is 52.5 Å². The number of carboxylic acid groups (broad SMARTS) is 1. The first-order valence-electron chi connectivity index (χ1n) is 7.53. The second-order valence-electron chi connectivity index (χ2n) is 5.91. The van der Waals surface area contributed by atoms with Crippen molar-refractivity contribution in [2.24, 2.45) is 5.92 Å². The van der Waals surface area contributed by atoms with Gasteiger partial charge in [0.25, 0.3) is 0 Å². The second kappa shape index (κ2) is 6.25. The van der Waals surface area contributed by atoms with Crippen molar-refractivity contribution < 1.29 is 9.90 Å². The van der Waals surface area contributed by atoms with Crippen LogP contribution in [0.2, 0.25) is 0 Å². The molecule has 0 aliphatic carbocycles. The van der Waals surface area contributed by atoms with Crippen molar-refractivity contribution in [3.05, 3.63) is 23.4 Å². The molecule has 0 spiro atoms. The summed E-state index contributed by atoms with van der Waals surface area (Å²) < 4.78 is 0. The number of hydrogen-bond donors (Lipinski definition) is 1. The Kier molecular flexibility index (Phi) is 4.63. The van der Waals surface area contributed by atoms with Gasteiger partial charge in [-0.2, -0.15) is 0 Å². The normalized spacial score (nSPS) is 18.8. The van der Waals surface area contributed by atoms with E-state index in [1.165, 1.54) is 6.42 Å². The van der Waals surface area contributed by atoms with Crippen molar-refractivity contribution in [3.8, 4) is 0 Å². The van der Waals surface area contributed by atoms with E-state index in [9.17, 15) is 9.90 Å². The lowest BCUT2D eigenvalue weighted by atomic mass is 10.0. The SMILES string of the molecule is CCCc1cc(C(=O)O)cc(N2CCCC2C(C)C)n1. The van der Waals surface area contributed by atoms with Crippen LogP contribution in [-0.2, 0) is 6.42 Å². The van der Waals surface area contributed by atoms with Gasteiger partial charge in [-0.1, -0.05) is 27.2 Å². The summed E-state index contributed by atoms with van der Waals surface area (Å²) in [6, 6.07) is 3.90. The molecule has 20 heavy (non-hydrogen) atoms. The van der Waals surface area contributed by atoms with Gasteiger partial charge in [0.1, 0.15) is 5.82 Å². The van der Waals surface area contributed by atoms with Crippen molar-refractivity contribution >= 4 is 11.8 Å². The number of aromatic nitrogens is 1. The number of anilines is 1. The number of aromatic carboxylic acids is 1. The van der Waals surface area contributed by atoms with Crippen LogP contribution in [0.3, 0.4) is 0 Å². The van der Waals surface area contributed by atoms with Crippen molar-refractivity contribution in [2.75, 3.05) is 11.4 Å². The first kappa shape index (κ1) is 14.8. The number of carbonyl (C=O) groups is 1. The van der Waals surface area contributed by atoms with Gasteiger partial charge in [0.15, 0.2) is 0 Å².